The number of hydrazone groups is 1. The Balaban J connectivity index is 1.15. The van der Waals surface area contributed by atoms with Crippen LogP contribution in [0.4, 0.5) is 10.1 Å². The molecule has 0 atom stereocenters. The highest BCUT2D eigenvalue weighted by Crippen LogP contribution is 2.26. The lowest BCUT2D eigenvalue weighted by Gasteiger charge is -2.19. The van der Waals surface area contributed by atoms with Crippen LogP contribution in [0.2, 0.25) is 0 Å². The smallest absolute Gasteiger partial charge is 0.307 e. The van der Waals surface area contributed by atoms with Crippen LogP contribution in [0.5, 0.6) is 5.75 Å². The van der Waals surface area contributed by atoms with E-state index in [0.29, 0.717) is 22.8 Å². The summed E-state index contributed by atoms with van der Waals surface area (Å²) in [4.78, 5) is 14.5. The van der Waals surface area contributed by atoms with E-state index in [4.69, 9.17) is 9.15 Å². The van der Waals surface area contributed by atoms with Gasteiger partial charge < -0.3 is 18.6 Å². The molecule has 196 valence electrons. The number of carbonyl (C=O) groups excluding carboxylic acids is 1. The Morgan fingerprint density at radius 3 is 2.45 bits per heavy atom. The molecule has 7 nitrogen and oxygen atoms in total. The van der Waals surface area contributed by atoms with Crippen LogP contribution in [0.25, 0.3) is 5.69 Å². The Bertz CT molecular complexity index is 1440. The van der Waals surface area contributed by atoms with Crippen LogP contribution in [-0.2, 0) is 6.61 Å². The molecule has 38 heavy (non-hydrogen) atoms. The Labute approximate surface area is 221 Å². The molecule has 4 aromatic rings. The summed E-state index contributed by atoms with van der Waals surface area (Å²) in [6.07, 6.45) is 3.60. The SMILES string of the molecule is Cc1cc(N2CCCC2)c(F)cc1/C=N/NC(=O)c1ccc(COc2ccc(-n3c(C)ccc3C)cc2)o1. The standard InChI is InChI=1S/C30H31FN4O3/c1-20-16-28(34-14-4-5-15-34)27(31)17-23(20)18-32-33-30(36)29-13-12-26(38-29)19-37-25-10-8-24(9-11-25)35-21(2)6-7-22(35)3/h6-13,16-18H,4-5,14-15,19H2,1-3H3,(H,33,36)/b32-18+. The van der Waals surface area contributed by atoms with E-state index in [1.54, 1.807) is 12.1 Å². The maximum absolute atomic E-state index is 14.6. The van der Waals surface area contributed by atoms with Gasteiger partial charge in [-0.15, -0.1) is 0 Å². The van der Waals surface area contributed by atoms with Crippen molar-refractivity contribution >= 4 is 17.8 Å². The molecule has 1 aliphatic heterocycles. The Kier molecular flexibility index (Phi) is 7.31. The number of hydrogen-bond acceptors (Lipinski definition) is 5. The molecule has 1 amide bonds. The minimum Gasteiger partial charge on any atom is -0.486 e. The van der Waals surface area contributed by atoms with Gasteiger partial charge in [-0.05, 0) is 99.8 Å². The summed E-state index contributed by atoms with van der Waals surface area (Å²) in [7, 11) is 0. The molecule has 1 aliphatic rings. The molecule has 5 rings (SSSR count). The number of ether oxygens (including phenoxy) is 1. The first-order valence-electron chi connectivity index (χ1n) is 12.7. The first-order valence-corrected chi connectivity index (χ1v) is 12.7. The first kappa shape index (κ1) is 25.3. The van der Waals surface area contributed by atoms with Crippen molar-refractivity contribution in [2.45, 2.75) is 40.2 Å². The fraction of sp³-hybridized carbons (Fsp3) is 0.267. The zero-order valence-corrected chi connectivity index (χ0v) is 21.8. The summed E-state index contributed by atoms with van der Waals surface area (Å²) in [5.41, 5.74) is 7.95. The highest BCUT2D eigenvalue weighted by molar-refractivity contribution is 5.92. The monoisotopic (exact) mass is 514 g/mol. The van der Waals surface area contributed by atoms with E-state index < -0.39 is 5.91 Å². The van der Waals surface area contributed by atoms with Gasteiger partial charge in [-0.2, -0.15) is 5.10 Å². The predicted molar refractivity (Wildman–Crippen MR) is 146 cm³/mol. The number of halogens is 1. The molecule has 2 aromatic heterocycles. The summed E-state index contributed by atoms with van der Waals surface area (Å²) >= 11 is 0. The van der Waals surface area contributed by atoms with Gasteiger partial charge in [-0.25, -0.2) is 9.82 Å². The third-order valence-electron chi connectivity index (χ3n) is 6.78. The molecule has 2 aromatic carbocycles. The average molecular weight is 515 g/mol. The lowest BCUT2D eigenvalue weighted by molar-refractivity contribution is 0.0923. The lowest BCUT2D eigenvalue weighted by Crippen LogP contribution is -2.19. The highest BCUT2D eigenvalue weighted by Gasteiger charge is 2.17. The Morgan fingerprint density at radius 1 is 1.03 bits per heavy atom. The second-order valence-electron chi connectivity index (χ2n) is 9.55. The normalized spacial score (nSPS) is 13.4. The molecule has 8 heteroatoms. The number of benzene rings is 2. The fourth-order valence-electron chi connectivity index (χ4n) is 4.74. The van der Waals surface area contributed by atoms with Gasteiger partial charge in [-0.3, -0.25) is 4.79 Å². The third kappa shape index (κ3) is 5.49. The van der Waals surface area contributed by atoms with E-state index >= 15 is 0 Å². The van der Waals surface area contributed by atoms with Crippen LogP contribution in [0, 0.1) is 26.6 Å². The van der Waals surface area contributed by atoms with Crippen molar-refractivity contribution in [2.24, 2.45) is 5.10 Å². The number of carbonyl (C=O) groups is 1. The van der Waals surface area contributed by atoms with Crippen LogP contribution in [0.1, 0.15) is 51.7 Å². The molecule has 1 fully saturated rings. The summed E-state index contributed by atoms with van der Waals surface area (Å²) < 4.78 is 28.2. The lowest BCUT2D eigenvalue weighted by atomic mass is 10.1. The number of rotatable bonds is 8. The van der Waals surface area contributed by atoms with Crippen LogP contribution < -0.4 is 15.1 Å². The summed E-state index contributed by atoms with van der Waals surface area (Å²) in [6.45, 7) is 7.96. The summed E-state index contributed by atoms with van der Waals surface area (Å²) in [6, 6.07) is 18.5. The average Bonchev–Trinajstić information content (AvgIpc) is 3.67. The van der Waals surface area contributed by atoms with E-state index in [0.717, 1.165) is 37.2 Å². The molecule has 1 N–H and O–H groups in total. The molecule has 1 saturated heterocycles. The number of furan rings is 1. The maximum Gasteiger partial charge on any atom is 0.307 e. The Hall–Kier alpha value is -4.33. The van der Waals surface area contributed by atoms with Gasteiger partial charge in [0.2, 0.25) is 0 Å². The van der Waals surface area contributed by atoms with Crippen LogP contribution in [-0.4, -0.2) is 29.8 Å². The summed E-state index contributed by atoms with van der Waals surface area (Å²) in [5, 5.41) is 3.99. The second kappa shape index (κ2) is 11.0. The van der Waals surface area contributed by atoms with E-state index in [1.165, 1.54) is 23.7 Å². The Morgan fingerprint density at radius 2 is 1.74 bits per heavy atom. The largest absolute Gasteiger partial charge is 0.486 e. The molecule has 0 spiro atoms. The van der Waals surface area contributed by atoms with Crippen molar-refractivity contribution in [3.05, 3.63) is 101 Å². The van der Waals surface area contributed by atoms with Crippen LogP contribution in [0.15, 0.2) is 70.2 Å². The van der Waals surface area contributed by atoms with Crippen LogP contribution >= 0.6 is 0 Å². The zero-order chi connectivity index (χ0) is 26.6. The van der Waals surface area contributed by atoms with Gasteiger partial charge >= 0.3 is 5.91 Å². The van der Waals surface area contributed by atoms with Gasteiger partial charge in [0.15, 0.2) is 5.76 Å². The van der Waals surface area contributed by atoms with E-state index in [-0.39, 0.29) is 18.2 Å². The zero-order valence-electron chi connectivity index (χ0n) is 21.8. The fourth-order valence-corrected chi connectivity index (χ4v) is 4.74. The third-order valence-corrected chi connectivity index (χ3v) is 6.78. The van der Waals surface area contributed by atoms with Gasteiger partial charge in [0, 0.05) is 35.7 Å². The molecule has 3 heterocycles. The number of hydrogen-bond donors (Lipinski definition) is 1. The number of amides is 1. The van der Waals surface area contributed by atoms with E-state index in [1.807, 2.05) is 37.3 Å². The molecule has 0 unspecified atom stereocenters. The van der Waals surface area contributed by atoms with Crippen molar-refractivity contribution < 1.29 is 18.3 Å². The topological polar surface area (TPSA) is 72.0 Å². The molecular weight excluding hydrogens is 483 g/mol. The van der Waals surface area contributed by atoms with Crippen molar-refractivity contribution in [1.29, 1.82) is 0 Å². The maximum atomic E-state index is 14.6. The van der Waals surface area contributed by atoms with Gasteiger partial charge in [0.25, 0.3) is 0 Å². The van der Waals surface area contributed by atoms with Gasteiger partial charge in [0.05, 0.1) is 11.9 Å². The minimum atomic E-state index is -0.499. The minimum absolute atomic E-state index is 0.113. The predicted octanol–water partition coefficient (Wildman–Crippen LogP) is 6.08. The van der Waals surface area contributed by atoms with Crippen molar-refractivity contribution in [3.63, 3.8) is 0 Å². The quantitative estimate of drug-likeness (QED) is 0.229. The highest BCUT2D eigenvalue weighted by atomic mass is 19.1. The molecule has 0 radical (unpaired) electrons. The number of nitrogens with one attached hydrogen (secondary N) is 1. The second-order valence-corrected chi connectivity index (χ2v) is 9.55. The first-order chi connectivity index (χ1) is 18.4. The van der Waals surface area contributed by atoms with Crippen molar-refractivity contribution in [3.8, 4) is 11.4 Å². The number of aromatic nitrogens is 1. The van der Waals surface area contributed by atoms with Crippen molar-refractivity contribution in [2.75, 3.05) is 18.0 Å². The number of anilines is 1. The van der Waals surface area contributed by atoms with E-state index in [2.05, 4.69) is 46.0 Å². The van der Waals surface area contributed by atoms with E-state index in [9.17, 15) is 9.18 Å². The molecule has 0 bridgehead atoms. The van der Waals surface area contributed by atoms with Gasteiger partial charge in [-0.1, -0.05) is 0 Å². The van der Waals surface area contributed by atoms with Crippen LogP contribution in [0.3, 0.4) is 0 Å². The number of aryl methyl sites for hydroxylation is 3. The van der Waals surface area contributed by atoms with Crippen molar-refractivity contribution in [1.82, 2.24) is 9.99 Å². The molecule has 0 saturated carbocycles. The van der Waals surface area contributed by atoms with Gasteiger partial charge in [0.1, 0.15) is 23.9 Å². The number of nitrogens with zero attached hydrogens (tertiary/aromatic N) is 3. The molecular formula is C30H31FN4O3. The molecule has 0 aliphatic carbocycles. The summed E-state index contributed by atoms with van der Waals surface area (Å²) in [5.74, 6) is 0.533.